The molecule has 0 spiro atoms. The Morgan fingerprint density at radius 3 is 2.29 bits per heavy atom. The number of likely N-dealkylation sites (tertiary alicyclic amines) is 1. The summed E-state index contributed by atoms with van der Waals surface area (Å²) < 4.78 is 0. The number of carboxylic acids is 1. The van der Waals surface area contributed by atoms with Gasteiger partial charge in [-0.15, -0.1) is 0 Å². The van der Waals surface area contributed by atoms with Crippen LogP contribution in [0.1, 0.15) is 47.0 Å². The van der Waals surface area contributed by atoms with Crippen LogP contribution in [0.2, 0.25) is 0 Å². The summed E-state index contributed by atoms with van der Waals surface area (Å²) in [5.74, 6) is -1.15. The van der Waals surface area contributed by atoms with Gasteiger partial charge in [-0.05, 0) is 51.2 Å². The maximum Gasteiger partial charge on any atom is 0.310 e. The van der Waals surface area contributed by atoms with Crippen molar-refractivity contribution in [3.05, 3.63) is 0 Å². The SMILES string of the molecule is CC(C)C(C)(CC(=O)NCC1(C)CCN(C)CC1)C(=O)O. The first-order chi connectivity index (χ1) is 9.59. The summed E-state index contributed by atoms with van der Waals surface area (Å²) in [6, 6.07) is 0. The van der Waals surface area contributed by atoms with Gasteiger partial charge in [-0.25, -0.2) is 0 Å². The van der Waals surface area contributed by atoms with Crippen molar-refractivity contribution < 1.29 is 14.7 Å². The lowest BCUT2D eigenvalue weighted by molar-refractivity contribution is -0.153. The van der Waals surface area contributed by atoms with Crippen LogP contribution >= 0.6 is 0 Å². The van der Waals surface area contributed by atoms with Gasteiger partial charge in [0, 0.05) is 13.0 Å². The van der Waals surface area contributed by atoms with Crippen LogP contribution in [0, 0.1) is 16.7 Å². The van der Waals surface area contributed by atoms with E-state index in [1.54, 1.807) is 6.92 Å². The van der Waals surface area contributed by atoms with E-state index in [-0.39, 0.29) is 23.7 Å². The van der Waals surface area contributed by atoms with Gasteiger partial charge in [-0.3, -0.25) is 9.59 Å². The first kappa shape index (κ1) is 18.0. The summed E-state index contributed by atoms with van der Waals surface area (Å²) in [7, 11) is 2.11. The number of nitrogens with zero attached hydrogens (tertiary/aromatic N) is 1. The molecule has 0 bridgehead atoms. The molecular formula is C16H30N2O3. The minimum absolute atomic E-state index is 0.0377. The van der Waals surface area contributed by atoms with Crippen LogP contribution in [0.15, 0.2) is 0 Å². The maximum absolute atomic E-state index is 12.1. The first-order valence-electron chi connectivity index (χ1n) is 7.78. The zero-order valence-electron chi connectivity index (χ0n) is 14.0. The number of rotatable bonds is 6. The number of nitrogens with one attached hydrogen (secondary N) is 1. The molecule has 5 heteroatoms. The monoisotopic (exact) mass is 298 g/mol. The molecule has 0 aromatic heterocycles. The van der Waals surface area contributed by atoms with Crippen molar-refractivity contribution in [1.29, 1.82) is 0 Å². The molecule has 0 aromatic carbocycles. The Hall–Kier alpha value is -1.10. The Balaban J connectivity index is 2.52. The summed E-state index contributed by atoms with van der Waals surface area (Å²) >= 11 is 0. The Morgan fingerprint density at radius 2 is 1.86 bits per heavy atom. The van der Waals surface area contributed by atoms with Crippen molar-refractivity contribution in [1.82, 2.24) is 10.2 Å². The molecule has 122 valence electrons. The predicted octanol–water partition coefficient (Wildman–Crippen LogP) is 1.97. The Labute approximate surface area is 128 Å². The smallest absolute Gasteiger partial charge is 0.310 e. The molecule has 0 aliphatic carbocycles. The quantitative estimate of drug-likeness (QED) is 0.786. The topological polar surface area (TPSA) is 69.6 Å². The zero-order valence-corrected chi connectivity index (χ0v) is 14.0. The molecule has 1 amide bonds. The zero-order chi connectivity index (χ0) is 16.3. The molecule has 5 nitrogen and oxygen atoms in total. The molecule has 2 N–H and O–H groups in total. The first-order valence-corrected chi connectivity index (χ1v) is 7.78. The molecule has 0 radical (unpaired) electrons. The number of carboxylic acid groups (broad SMARTS) is 1. The Bertz CT molecular complexity index is 387. The Kier molecular flexibility index (Phi) is 5.79. The standard InChI is InChI=1S/C16H30N2O3/c1-12(2)16(4,14(20)21)10-13(19)17-11-15(3)6-8-18(5)9-7-15/h12H,6-11H2,1-5H3,(H,17,19)(H,20,21). The highest BCUT2D eigenvalue weighted by atomic mass is 16.4. The van der Waals surface area contributed by atoms with Crippen molar-refractivity contribution in [3.8, 4) is 0 Å². The van der Waals surface area contributed by atoms with E-state index in [9.17, 15) is 14.7 Å². The van der Waals surface area contributed by atoms with Gasteiger partial charge >= 0.3 is 5.97 Å². The summed E-state index contributed by atoms with van der Waals surface area (Å²) in [6.45, 7) is 10.3. The third-order valence-corrected chi connectivity index (χ3v) is 5.20. The van der Waals surface area contributed by atoms with E-state index in [2.05, 4.69) is 24.2 Å². The van der Waals surface area contributed by atoms with Crippen LogP contribution in [0.5, 0.6) is 0 Å². The maximum atomic E-state index is 12.1. The highest BCUT2D eigenvalue weighted by Gasteiger charge is 2.39. The van der Waals surface area contributed by atoms with E-state index in [0.29, 0.717) is 6.54 Å². The fraction of sp³-hybridized carbons (Fsp3) is 0.875. The van der Waals surface area contributed by atoms with Gasteiger partial charge < -0.3 is 15.3 Å². The largest absolute Gasteiger partial charge is 0.481 e. The number of carbonyl (C=O) groups is 2. The normalized spacial score (nSPS) is 21.8. The van der Waals surface area contributed by atoms with E-state index < -0.39 is 11.4 Å². The van der Waals surface area contributed by atoms with Crippen LogP contribution in [0.4, 0.5) is 0 Å². The number of hydrogen-bond donors (Lipinski definition) is 2. The molecule has 1 saturated heterocycles. The molecule has 21 heavy (non-hydrogen) atoms. The lowest BCUT2D eigenvalue weighted by atomic mass is 9.76. The predicted molar refractivity (Wildman–Crippen MR) is 83.0 cm³/mol. The van der Waals surface area contributed by atoms with Gasteiger partial charge in [0.25, 0.3) is 0 Å². The van der Waals surface area contributed by atoms with Gasteiger partial charge in [0.05, 0.1) is 5.41 Å². The molecule has 1 aliphatic heterocycles. The van der Waals surface area contributed by atoms with Crippen molar-refractivity contribution >= 4 is 11.9 Å². The third-order valence-electron chi connectivity index (χ3n) is 5.20. The van der Waals surface area contributed by atoms with E-state index in [4.69, 9.17) is 0 Å². The Morgan fingerprint density at radius 1 is 1.33 bits per heavy atom. The molecule has 1 rings (SSSR count). The minimum atomic E-state index is -1.00. The van der Waals surface area contributed by atoms with Crippen LogP contribution in [0.3, 0.4) is 0 Å². The van der Waals surface area contributed by atoms with Gasteiger partial charge in [0.15, 0.2) is 0 Å². The van der Waals surface area contributed by atoms with Crippen LogP contribution in [-0.4, -0.2) is 48.6 Å². The molecular weight excluding hydrogens is 268 g/mol. The molecule has 0 saturated carbocycles. The summed E-state index contributed by atoms with van der Waals surface area (Å²) in [5, 5.41) is 12.3. The lowest BCUT2D eigenvalue weighted by Crippen LogP contribution is -2.45. The number of aliphatic carboxylic acids is 1. The second-order valence-corrected chi connectivity index (χ2v) is 7.44. The van der Waals surface area contributed by atoms with E-state index in [0.717, 1.165) is 25.9 Å². The van der Waals surface area contributed by atoms with Crippen molar-refractivity contribution in [3.63, 3.8) is 0 Å². The fourth-order valence-corrected chi connectivity index (χ4v) is 2.57. The van der Waals surface area contributed by atoms with E-state index in [1.807, 2.05) is 13.8 Å². The minimum Gasteiger partial charge on any atom is -0.481 e. The van der Waals surface area contributed by atoms with Crippen molar-refractivity contribution in [2.45, 2.75) is 47.0 Å². The molecule has 1 unspecified atom stereocenters. The number of piperidine rings is 1. The molecule has 1 aliphatic rings. The van der Waals surface area contributed by atoms with Gasteiger partial charge in [-0.2, -0.15) is 0 Å². The van der Waals surface area contributed by atoms with Gasteiger partial charge in [0.2, 0.25) is 5.91 Å². The highest BCUT2D eigenvalue weighted by Crippen LogP contribution is 2.32. The number of carbonyl (C=O) groups excluding carboxylic acids is 1. The highest BCUT2D eigenvalue weighted by molar-refractivity contribution is 5.84. The van der Waals surface area contributed by atoms with Crippen LogP contribution < -0.4 is 5.32 Å². The summed E-state index contributed by atoms with van der Waals surface area (Å²) in [6.07, 6.45) is 2.16. The number of amides is 1. The molecule has 0 aromatic rings. The summed E-state index contributed by atoms with van der Waals surface area (Å²) in [5.41, 5.74) is -0.878. The van der Waals surface area contributed by atoms with Crippen LogP contribution in [0.25, 0.3) is 0 Å². The third kappa shape index (κ3) is 4.70. The van der Waals surface area contributed by atoms with Gasteiger partial charge in [-0.1, -0.05) is 20.8 Å². The van der Waals surface area contributed by atoms with Crippen molar-refractivity contribution in [2.75, 3.05) is 26.7 Å². The molecule has 1 heterocycles. The summed E-state index contributed by atoms with van der Waals surface area (Å²) in [4.78, 5) is 25.8. The number of hydrogen-bond acceptors (Lipinski definition) is 3. The van der Waals surface area contributed by atoms with Gasteiger partial charge in [0.1, 0.15) is 0 Å². The van der Waals surface area contributed by atoms with Crippen molar-refractivity contribution in [2.24, 2.45) is 16.7 Å². The van der Waals surface area contributed by atoms with E-state index >= 15 is 0 Å². The molecule has 1 atom stereocenters. The lowest BCUT2D eigenvalue weighted by Gasteiger charge is -2.38. The van der Waals surface area contributed by atoms with Crippen LogP contribution in [-0.2, 0) is 9.59 Å². The fourth-order valence-electron chi connectivity index (χ4n) is 2.57. The molecule has 1 fully saturated rings. The van der Waals surface area contributed by atoms with E-state index in [1.165, 1.54) is 0 Å². The average Bonchev–Trinajstić information content (AvgIpc) is 2.40. The second-order valence-electron chi connectivity index (χ2n) is 7.44. The average molecular weight is 298 g/mol. The second kappa shape index (κ2) is 6.77.